The molecule has 0 saturated carbocycles. The Balaban J connectivity index is 3.94. The van der Waals surface area contributed by atoms with Gasteiger partial charge in [0, 0.05) is 78.5 Å². The van der Waals surface area contributed by atoms with Crippen LogP contribution in [-0.2, 0) is 14.4 Å². The van der Waals surface area contributed by atoms with Gasteiger partial charge in [0.05, 0.1) is 0 Å². The number of carbonyl (C=O) groups excluding carboxylic acids is 3. The second kappa shape index (κ2) is 17.6. The number of hydrogen-bond donors (Lipinski definition) is 6. The van der Waals surface area contributed by atoms with Crippen molar-refractivity contribution in [3.8, 4) is 0 Å². The number of amides is 3. The van der Waals surface area contributed by atoms with E-state index in [0.29, 0.717) is 71.9 Å². The first kappa shape index (κ1) is 25.2. The molecule has 0 aliphatic rings. The molecule has 0 fully saturated rings. The van der Waals surface area contributed by atoms with E-state index >= 15 is 0 Å². The van der Waals surface area contributed by atoms with Crippen molar-refractivity contribution in [3.05, 3.63) is 0 Å². The van der Waals surface area contributed by atoms with Crippen LogP contribution in [0.3, 0.4) is 0 Å². The lowest BCUT2D eigenvalue weighted by Gasteiger charge is -2.21. The van der Waals surface area contributed by atoms with Crippen molar-refractivity contribution in [2.45, 2.75) is 6.42 Å². The summed E-state index contributed by atoms with van der Waals surface area (Å²) in [5.74, 6) is -0.645. The van der Waals surface area contributed by atoms with E-state index in [2.05, 4.69) is 20.9 Å². The molecule has 3 amide bonds. The molecule has 0 aliphatic heterocycles. The molecule has 0 aromatic carbocycles. The van der Waals surface area contributed by atoms with Crippen molar-refractivity contribution in [1.82, 2.24) is 25.8 Å². The molecule has 0 aromatic rings. The van der Waals surface area contributed by atoms with E-state index in [4.69, 9.17) is 17.2 Å². The first-order valence-corrected chi connectivity index (χ1v) is 9.32. The normalized spacial score (nSPS) is 10.9. The fourth-order valence-electron chi connectivity index (χ4n) is 2.48. The number of rotatable bonds is 18. The van der Waals surface area contributed by atoms with Gasteiger partial charge in [-0.25, -0.2) is 0 Å². The third-order valence-electron chi connectivity index (χ3n) is 3.81. The average molecular weight is 389 g/mol. The highest BCUT2D eigenvalue weighted by molar-refractivity contribution is 5.96. The zero-order chi connectivity index (χ0) is 20.3. The molecule has 11 heteroatoms. The maximum atomic E-state index is 11.8. The van der Waals surface area contributed by atoms with Crippen molar-refractivity contribution in [2.75, 3.05) is 78.5 Å². The predicted octanol–water partition coefficient (Wildman–Crippen LogP) is -4.17. The second-order valence-corrected chi connectivity index (χ2v) is 6.00. The van der Waals surface area contributed by atoms with E-state index in [1.807, 2.05) is 4.90 Å². The Morgan fingerprint density at radius 1 is 0.704 bits per heavy atom. The topological polar surface area (TPSA) is 172 Å². The monoisotopic (exact) mass is 388 g/mol. The summed E-state index contributed by atoms with van der Waals surface area (Å²) in [5.41, 5.74) is 16.6. The summed E-state index contributed by atoms with van der Waals surface area (Å²) in [6.45, 7) is 6.91. The first-order chi connectivity index (χ1) is 13.1. The number of nitrogens with two attached hydrogens (primary N) is 3. The van der Waals surface area contributed by atoms with Crippen LogP contribution in [-0.4, -0.2) is 107 Å². The highest BCUT2D eigenvalue weighted by Crippen LogP contribution is 1.88. The van der Waals surface area contributed by atoms with Crippen LogP contribution in [0.15, 0.2) is 0 Å². The van der Waals surface area contributed by atoms with Gasteiger partial charge in [-0.3, -0.25) is 24.2 Å². The molecule has 11 nitrogen and oxygen atoms in total. The summed E-state index contributed by atoms with van der Waals surface area (Å²) >= 11 is 0. The Bertz CT molecular complexity index is 405. The van der Waals surface area contributed by atoms with Gasteiger partial charge in [-0.05, 0) is 0 Å². The standard InChI is InChI=1S/C16H36N8O3/c17-1-7-23(8-2-18)11-5-21-15(26)13-16(27)22-6-12-24(9-3-19)10-4-20-14-25/h14H,1-13,17-19H2,(H,20,25)(H,21,26)(H,22,27). The van der Waals surface area contributed by atoms with Gasteiger partial charge in [0.15, 0.2) is 0 Å². The van der Waals surface area contributed by atoms with Gasteiger partial charge in [0.2, 0.25) is 18.2 Å². The fraction of sp³-hybridized carbons (Fsp3) is 0.812. The minimum absolute atomic E-state index is 0.211. The number of carbonyl (C=O) groups is 3. The van der Waals surface area contributed by atoms with E-state index in [1.54, 1.807) is 0 Å². The van der Waals surface area contributed by atoms with Crippen LogP contribution in [0, 0.1) is 0 Å². The number of nitrogens with zero attached hydrogens (tertiary/aromatic N) is 2. The number of hydrogen-bond acceptors (Lipinski definition) is 8. The SMILES string of the molecule is NCCN(CCN)CCNC(=O)CC(=O)NCCN(CCN)CCNC=O. The zero-order valence-corrected chi connectivity index (χ0v) is 16.1. The van der Waals surface area contributed by atoms with Crippen LogP contribution in [0.4, 0.5) is 0 Å². The van der Waals surface area contributed by atoms with E-state index in [1.165, 1.54) is 0 Å². The molecule has 0 aliphatic carbocycles. The first-order valence-electron chi connectivity index (χ1n) is 9.32. The van der Waals surface area contributed by atoms with Gasteiger partial charge in [-0.2, -0.15) is 0 Å². The van der Waals surface area contributed by atoms with Crippen LogP contribution >= 0.6 is 0 Å². The van der Waals surface area contributed by atoms with Gasteiger partial charge >= 0.3 is 0 Å². The molecule has 0 aromatic heterocycles. The Morgan fingerprint density at radius 2 is 1.11 bits per heavy atom. The zero-order valence-electron chi connectivity index (χ0n) is 16.1. The third-order valence-corrected chi connectivity index (χ3v) is 3.81. The average Bonchev–Trinajstić information content (AvgIpc) is 2.62. The minimum atomic E-state index is -0.327. The molecule has 0 saturated heterocycles. The van der Waals surface area contributed by atoms with E-state index in [9.17, 15) is 14.4 Å². The Kier molecular flexibility index (Phi) is 16.4. The van der Waals surface area contributed by atoms with E-state index in [-0.39, 0.29) is 18.2 Å². The Morgan fingerprint density at radius 3 is 1.52 bits per heavy atom. The van der Waals surface area contributed by atoms with Gasteiger partial charge in [0.25, 0.3) is 0 Å². The smallest absolute Gasteiger partial charge is 0.229 e. The van der Waals surface area contributed by atoms with Gasteiger partial charge in [-0.1, -0.05) is 0 Å². The summed E-state index contributed by atoms with van der Waals surface area (Å²) in [5, 5.41) is 8.03. The molecule has 0 atom stereocenters. The molecule has 27 heavy (non-hydrogen) atoms. The quantitative estimate of drug-likeness (QED) is 0.0780. The van der Waals surface area contributed by atoms with Crippen LogP contribution in [0.1, 0.15) is 6.42 Å². The van der Waals surface area contributed by atoms with Crippen LogP contribution in [0.25, 0.3) is 0 Å². The summed E-state index contributed by atoms with van der Waals surface area (Å²) in [7, 11) is 0. The van der Waals surface area contributed by atoms with Crippen LogP contribution in [0.2, 0.25) is 0 Å². The minimum Gasteiger partial charge on any atom is -0.357 e. The molecular weight excluding hydrogens is 352 g/mol. The summed E-state index contributed by atoms with van der Waals surface area (Å²) < 4.78 is 0. The summed E-state index contributed by atoms with van der Waals surface area (Å²) in [6.07, 6.45) is 0.434. The number of nitrogens with one attached hydrogen (secondary N) is 3. The van der Waals surface area contributed by atoms with Gasteiger partial charge in [-0.15, -0.1) is 0 Å². The molecular formula is C16H36N8O3. The molecule has 0 bridgehead atoms. The fourth-order valence-corrected chi connectivity index (χ4v) is 2.48. The molecule has 158 valence electrons. The molecule has 9 N–H and O–H groups in total. The predicted molar refractivity (Wildman–Crippen MR) is 105 cm³/mol. The summed E-state index contributed by atoms with van der Waals surface area (Å²) in [6, 6.07) is 0. The van der Waals surface area contributed by atoms with Crippen molar-refractivity contribution in [2.24, 2.45) is 17.2 Å². The van der Waals surface area contributed by atoms with Crippen molar-refractivity contribution in [1.29, 1.82) is 0 Å². The molecule has 0 rings (SSSR count). The molecule has 0 radical (unpaired) electrons. The van der Waals surface area contributed by atoms with Crippen molar-refractivity contribution >= 4 is 18.2 Å². The maximum Gasteiger partial charge on any atom is 0.229 e. The lowest BCUT2D eigenvalue weighted by molar-refractivity contribution is -0.129. The van der Waals surface area contributed by atoms with Crippen molar-refractivity contribution in [3.63, 3.8) is 0 Å². The highest BCUT2D eigenvalue weighted by atomic mass is 16.2. The van der Waals surface area contributed by atoms with Gasteiger partial charge < -0.3 is 33.2 Å². The highest BCUT2D eigenvalue weighted by Gasteiger charge is 2.10. The summed E-state index contributed by atoms with van der Waals surface area (Å²) in [4.78, 5) is 38.0. The van der Waals surface area contributed by atoms with Crippen LogP contribution < -0.4 is 33.2 Å². The van der Waals surface area contributed by atoms with E-state index < -0.39 is 0 Å². The largest absolute Gasteiger partial charge is 0.357 e. The lowest BCUT2D eigenvalue weighted by atomic mass is 10.3. The lowest BCUT2D eigenvalue weighted by Crippen LogP contribution is -2.42. The Hall–Kier alpha value is -1.79. The maximum absolute atomic E-state index is 11.8. The van der Waals surface area contributed by atoms with Gasteiger partial charge in [0.1, 0.15) is 6.42 Å². The molecule has 0 spiro atoms. The second-order valence-electron chi connectivity index (χ2n) is 6.00. The molecule has 0 heterocycles. The third kappa shape index (κ3) is 15.0. The molecule has 0 unspecified atom stereocenters. The van der Waals surface area contributed by atoms with E-state index in [0.717, 1.165) is 13.1 Å². The van der Waals surface area contributed by atoms with Crippen LogP contribution in [0.5, 0.6) is 0 Å². The van der Waals surface area contributed by atoms with Crippen molar-refractivity contribution < 1.29 is 14.4 Å². The Labute approximate surface area is 161 Å².